The molecular formula is C10H10BrN3O. The van der Waals surface area contributed by atoms with Gasteiger partial charge in [0.05, 0.1) is 23.3 Å². The Hall–Kier alpha value is -1.20. The van der Waals surface area contributed by atoms with Crippen LogP contribution in [0.5, 0.6) is 0 Å². The van der Waals surface area contributed by atoms with Gasteiger partial charge in [0, 0.05) is 17.7 Å². The number of halogens is 1. The maximum absolute atomic E-state index is 11.5. The lowest BCUT2D eigenvalue weighted by molar-refractivity contribution is 0.0994. The van der Waals surface area contributed by atoms with Gasteiger partial charge >= 0.3 is 0 Å². The highest BCUT2D eigenvalue weighted by molar-refractivity contribution is 9.10. The second-order valence-corrected chi connectivity index (χ2v) is 4.19. The summed E-state index contributed by atoms with van der Waals surface area (Å²) in [5, 5.41) is 0. The first-order valence-electron chi connectivity index (χ1n) is 4.47. The zero-order valence-corrected chi connectivity index (χ0v) is 9.78. The summed E-state index contributed by atoms with van der Waals surface area (Å²) >= 11 is 3.34. The fraction of sp³-hybridized carbons (Fsp3) is 0.200. The summed E-state index contributed by atoms with van der Waals surface area (Å²) in [6, 6.07) is 3.69. The zero-order valence-electron chi connectivity index (χ0n) is 8.20. The molecule has 2 aromatic rings. The van der Waals surface area contributed by atoms with E-state index in [0.29, 0.717) is 5.69 Å². The van der Waals surface area contributed by atoms with Crippen LogP contribution in [0.15, 0.2) is 22.8 Å². The molecule has 0 spiro atoms. The average molecular weight is 268 g/mol. The van der Waals surface area contributed by atoms with Gasteiger partial charge in [0.15, 0.2) is 5.78 Å². The number of aryl methyl sites for hydroxylation is 1. The molecule has 5 heteroatoms. The molecule has 0 aliphatic carbocycles. The Bertz CT molecular complexity index is 533. The molecule has 0 radical (unpaired) electrons. The number of pyridine rings is 1. The van der Waals surface area contributed by atoms with Crippen molar-refractivity contribution in [1.82, 2.24) is 9.55 Å². The molecule has 0 aliphatic rings. The van der Waals surface area contributed by atoms with Crippen molar-refractivity contribution >= 4 is 32.7 Å². The Kier molecular flexibility index (Phi) is 2.58. The molecule has 78 valence electrons. The van der Waals surface area contributed by atoms with Crippen LogP contribution in [0.4, 0.5) is 0 Å². The first-order valence-corrected chi connectivity index (χ1v) is 5.27. The molecule has 0 aliphatic heterocycles. The third-order valence-electron chi connectivity index (χ3n) is 2.33. The molecule has 0 saturated heterocycles. The summed E-state index contributed by atoms with van der Waals surface area (Å²) in [7, 11) is 1.83. The first kappa shape index (κ1) is 10.3. The van der Waals surface area contributed by atoms with Crippen molar-refractivity contribution in [2.45, 2.75) is 0 Å². The molecule has 0 fully saturated rings. The topological polar surface area (TPSA) is 60.9 Å². The van der Waals surface area contributed by atoms with E-state index in [1.807, 2.05) is 17.7 Å². The van der Waals surface area contributed by atoms with E-state index in [0.717, 1.165) is 15.5 Å². The van der Waals surface area contributed by atoms with E-state index in [9.17, 15) is 4.79 Å². The highest BCUT2D eigenvalue weighted by atomic mass is 79.9. The van der Waals surface area contributed by atoms with Crippen molar-refractivity contribution in [2.24, 2.45) is 12.8 Å². The summed E-state index contributed by atoms with van der Waals surface area (Å²) < 4.78 is 2.70. The van der Waals surface area contributed by atoms with Crippen molar-refractivity contribution in [3.63, 3.8) is 0 Å². The van der Waals surface area contributed by atoms with Crippen LogP contribution in [0.25, 0.3) is 11.0 Å². The summed E-state index contributed by atoms with van der Waals surface area (Å²) in [5.41, 5.74) is 7.65. The Morgan fingerprint density at radius 2 is 2.33 bits per heavy atom. The SMILES string of the molecule is Cn1c(C(=O)CN)cc2ncc(Br)cc21. The minimum absolute atomic E-state index is 0.0192. The third kappa shape index (κ3) is 1.68. The lowest BCUT2D eigenvalue weighted by Crippen LogP contribution is -2.16. The Balaban J connectivity index is 2.69. The molecular weight excluding hydrogens is 258 g/mol. The van der Waals surface area contributed by atoms with E-state index < -0.39 is 0 Å². The maximum Gasteiger partial charge on any atom is 0.192 e. The Morgan fingerprint density at radius 3 is 3.00 bits per heavy atom. The molecule has 0 amide bonds. The van der Waals surface area contributed by atoms with Gasteiger partial charge < -0.3 is 10.3 Å². The average Bonchev–Trinajstić information content (AvgIpc) is 2.55. The lowest BCUT2D eigenvalue weighted by atomic mass is 10.3. The molecule has 0 unspecified atom stereocenters. The van der Waals surface area contributed by atoms with E-state index in [-0.39, 0.29) is 12.3 Å². The molecule has 4 nitrogen and oxygen atoms in total. The standard InChI is InChI=1S/C10H10BrN3O/c1-14-8-2-6(11)5-13-7(8)3-9(14)10(15)4-12/h2-3,5H,4,12H2,1H3. The second kappa shape index (κ2) is 3.75. The highest BCUT2D eigenvalue weighted by Crippen LogP contribution is 2.20. The van der Waals surface area contributed by atoms with Gasteiger partial charge in [0.1, 0.15) is 0 Å². The molecule has 2 heterocycles. The van der Waals surface area contributed by atoms with Gasteiger partial charge in [-0.2, -0.15) is 0 Å². The van der Waals surface area contributed by atoms with Gasteiger partial charge in [0.25, 0.3) is 0 Å². The van der Waals surface area contributed by atoms with E-state index in [4.69, 9.17) is 5.73 Å². The number of hydrogen-bond acceptors (Lipinski definition) is 3. The summed E-state index contributed by atoms with van der Waals surface area (Å²) in [5.74, 6) is -0.0772. The quantitative estimate of drug-likeness (QED) is 0.839. The van der Waals surface area contributed by atoms with Crippen LogP contribution in [-0.2, 0) is 7.05 Å². The van der Waals surface area contributed by atoms with Crippen LogP contribution in [0.2, 0.25) is 0 Å². The van der Waals surface area contributed by atoms with Gasteiger partial charge in [-0.05, 0) is 28.1 Å². The van der Waals surface area contributed by atoms with Crippen LogP contribution in [0.1, 0.15) is 10.5 Å². The molecule has 2 rings (SSSR count). The molecule has 0 atom stereocenters. The normalized spacial score (nSPS) is 10.9. The molecule has 0 bridgehead atoms. The number of carbonyl (C=O) groups excluding carboxylic acids is 1. The molecule has 15 heavy (non-hydrogen) atoms. The monoisotopic (exact) mass is 267 g/mol. The van der Waals surface area contributed by atoms with E-state index >= 15 is 0 Å². The van der Waals surface area contributed by atoms with E-state index in [1.54, 1.807) is 12.3 Å². The number of carbonyl (C=O) groups is 1. The van der Waals surface area contributed by atoms with Crippen LogP contribution in [0, 0.1) is 0 Å². The molecule has 0 aromatic carbocycles. The van der Waals surface area contributed by atoms with Crippen LogP contribution in [-0.4, -0.2) is 21.9 Å². The van der Waals surface area contributed by atoms with Crippen molar-refractivity contribution in [3.8, 4) is 0 Å². The van der Waals surface area contributed by atoms with Crippen molar-refractivity contribution in [3.05, 3.63) is 28.5 Å². The minimum Gasteiger partial charge on any atom is -0.340 e. The lowest BCUT2D eigenvalue weighted by Gasteiger charge is -2.00. The van der Waals surface area contributed by atoms with Gasteiger partial charge in [-0.3, -0.25) is 9.78 Å². The fourth-order valence-corrected chi connectivity index (χ4v) is 1.87. The van der Waals surface area contributed by atoms with E-state index in [2.05, 4.69) is 20.9 Å². The number of nitrogens with two attached hydrogens (primary N) is 1. The van der Waals surface area contributed by atoms with Crippen LogP contribution < -0.4 is 5.73 Å². The first-order chi connectivity index (χ1) is 7.13. The number of nitrogens with zero attached hydrogens (tertiary/aromatic N) is 2. The van der Waals surface area contributed by atoms with Gasteiger partial charge in [-0.15, -0.1) is 0 Å². The predicted octanol–water partition coefficient (Wildman–Crippen LogP) is 1.48. The number of ketones is 1. The summed E-state index contributed by atoms with van der Waals surface area (Å²) in [6.45, 7) is 0.0192. The molecule has 0 saturated carbocycles. The predicted molar refractivity (Wildman–Crippen MR) is 61.8 cm³/mol. The van der Waals surface area contributed by atoms with Crippen LogP contribution >= 0.6 is 15.9 Å². The molecule has 2 aromatic heterocycles. The maximum atomic E-state index is 11.5. The highest BCUT2D eigenvalue weighted by Gasteiger charge is 2.12. The minimum atomic E-state index is -0.0772. The smallest absolute Gasteiger partial charge is 0.192 e. The van der Waals surface area contributed by atoms with E-state index in [1.165, 1.54) is 0 Å². The number of Topliss-reactive ketones (excluding diaryl/α,β-unsaturated/α-hetero) is 1. The third-order valence-corrected chi connectivity index (χ3v) is 2.76. The van der Waals surface area contributed by atoms with Gasteiger partial charge in [0.2, 0.25) is 0 Å². The largest absolute Gasteiger partial charge is 0.340 e. The Labute approximate surface area is 95.2 Å². The van der Waals surface area contributed by atoms with Crippen molar-refractivity contribution < 1.29 is 4.79 Å². The van der Waals surface area contributed by atoms with Crippen LogP contribution in [0.3, 0.4) is 0 Å². The number of fused-ring (bicyclic) bond motifs is 1. The van der Waals surface area contributed by atoms with Gasteiger partial charge in [-0.1, -0.05) is 0 Å². The number of aromatic nitrogens is 2. The molecule has 2 N–H and O–H groups in total. The Morgan fingerprint density at radius 1 is 1.60 bits per heavy atom. The number of hydrogen-bond donors (Lipinski definition) is 1. The summed E-state index contributed by atoms with van der Waals surface area (Å²) in [4.78, 5) is 15.7. The van der Waals surface area contributed by atoms with Crippen molar-refractivity contribution in [1.29, 1.82) is 0 Å². The van der Waals surface area contributed by atoms with Gasteiger partial charge in [-0.25, -0.2) is 0 Å². The second-order valence-electron chi connectivity index (χ2n) is 3.27. The fourth-order valence-electron chi connectivity index (χ4n) is 1.55. The van der Waals surface area contributed by atoms with Crippen molar-refractivity contribution in [2.75, 3.05) is 6.54 Å². The summed E-state index contributed by atoms with van der Waals surface area (Å²) in [6.07, 6.45) is 1.71. The number of rotatable bonds is 2. The zero-order chi connectivity index (χ0) is 11.0.